The molecule has 2 rings (SSSR count). The lowest BCUT2D eigenvalue weighted by Crippen LogP contribution is -2.27. The minimum absolute atomic E-state index is 0.277. The van der Waals surface area contributed by atoms with Gasteiger partial charge in [-0.05, 0) is 30.9 Å². The van der Waals surface area contributed by atoms with Crippen LogP contribution in [0.5, 0.6) is 0 Å². The molecule has 0 unspecified atom stereocenters. The number of aliphatic imine (C=N–C) groups is 1. The van der Waals surface area contributed by atoms with Crippen molar-refractivity contribution in [2.45, 2.75) is 12.8 Å². The lowest BCUT2D eigenvalue weighted by Gasteiger charge is -2.20. The molecule has 5 nitrogen and oxygen atoms in total. The van der Waals surface area contributed by atoms with Gasteiger partial charge >= 0.3 is 0 Å². The standard InChI is InChI=1S/C13H19N3O2S/c14-13(16-12-4-2-1-3-5-12)15-10-11-6-8-19(17,18)9-7-11/h1-5,11H,6-10H2,(H3,14,15,16). The zero-order chi connectivity index (χ0) is 13.7. The van der Waals surface area contributed by atoms with Crippen molar-refractivity contribution < 1.29 is 8.42 Å². The Balaban J connectivity index is 1.82. The molecular formula is C13H19N3O2S. The third-order valence-electron chi connectivity index (χ3n) is 3.24. The number of rotatable bonds is 3. The highest BCUT2D eigenvalue weighted by Gasteiger charge is 2.23. The molecular weight excluding hydrogens is 262 g/mol. The molecule has 0 atom stereocenters. The summed E-state index contributed by atoms with van der Waals surface area (Å²) in [5.74, 6) is 1.25. The highest BCUT2D eigenvalue weighted by Crippen LogP contribution is 2.18. The number of hydrogen-bond donors (Lipinski definition) is 2. The van der Waals surface area contributed by atoms with Crippen LogP contribution in [0.4, 0.5) is 5.69 Å². The highest BCUT2D eigenvalue weighted by atomic mass is 32.2. The van der Waals surface area contributed by atoms with Crippen LogP contribution in [0.25, 0.3) is 0 Å². The van der Waals surface area contributed by atoms with Crippen molar-refractivity contribution in [1.82, 2.24) is 0 Å². The fraction of sp³-hybridized carbons (Fsp3) is 0.462. The van der Waals surface area contributed by atoms with Crippen molar-refractivity contribution in [2.75, 3.05) is 23.4 Å². The first-order valence-corrected chi connectivity index (χ1v) is 8.20. The Bertz CT molecular complexity index is 526. The Kier molecular flexibility index (Phi) is 4.42. The lowest BCUT2D eigenvalue weighted by molar-refractivity contribution is 0.475. The number of guanidine groups is 1. The molecule has 0 radical (unpaired) electrons. The van der Waals surface area contributed by atoms with Gasteiger partial charge < -0.3 is 11.1 Å². The first-order valence-electron chi connectivity index (χ1n) is 6.37. The number of nitrogens with zero attached hydrogens (tertiary/aromatic N) is 1. The smallest absolute Gasteiger partial charge is 0.193 e. The number of para-hydroxylation sites is 1. The van der Waals surface area contributed by atoms with E-state index in [-0.39, 0.29) is 11.5 Å². The second-order valence-corrected chi connectivity index (χ2v) is 7.12. The summed E-state index contributed by atoms with van der Waals surface area (Å²) >= 11 is 0. The molecule has 1 aliphatic heterocycles. The van der Waals surface area contributed by atoms with Gasteiger partial charge in [-0.15, -0.1) is 0 Å². The maximum Gasteiger partial charge on any atom is 0.193 e. The molecule has 6 heteroatoms. The predicted molar refractivity (Wildman–Crippen MR) is 77.9 cm³/mol. The van der Waals surface area contributed by atoms with Gasteiger partial charge in [-0.2, -0.15) is 0 Å². The molecule has 1 heterocycles. The number of nitrogens with two attached hydrogens (primary N) is 1. The van der Waals surface area contributed by atoms with Crippen molar-refractivity contribution in [3.63, 3.8) is 0 Å². The molecule has 0 amide bonds. The van der Waals surface area contributed by atoms with E-state index in [4.69, 9.17) is 5.73 Å². The third kappa shape index (κ3) is 4.55. The van der Waals surface area contributed by atoms with Crippen LogP contribution in [-0.2, 0) is 9.84 Å². The highest BCUT2D eigenvalue weighted by molar-refractivity contribution is 7.91. The number of benzene rings is 1. The average molecular weight is 281 g/mol. The quantitative estimate of drug-likeness (QED) is 0.645. The van der Waals surface area contributed by atoms with Crippen LogP contribution in [0.2, 0.25) is 0 Å². The minimum atomic E-state index is -2.80. The van der Waals surface area contributed by atoms with Gasteiger partial charge in [-0.1, -0.05) is 18.2 Å². The largest absolute Gasteiger partial charge is 0.370 e. The van der Waals surface area contributed by atoms with Crippen LogP contribution in [0.3, 0.4) is 0 Å². The molecule has 1 aromatic rings. The Labute approximate surface area is 113 Å². The van der Waals surface area contributed by atoms with Crippen molar-refractivity contribution in [3.8, 4) is 0 Å². The number of anilines is 1. The van der Waals surface area contributed by atoms with E-state index < -0.39 is 9.84 Å². The van der Waals surface area contributed by atoms with E-state index in [9.17, 15) is 8.42 Å². The number of nitrogens with one attached hydrogen (secondary N) is 1. The first kappa shape index (κ1) is 13.9. The number of sulfone groups is 1. The van der Waals surface area contributed by atoms with Crippen LogP contribution in [0.15, 0.2) is 35.3 Å². The molecule has 1 fully saturated rings. The summed E-state index contributed by atoms with van der Waals surface area (Å²) in [6.07, 6.45) is 1.37. The van der Waals surface area contributed by atoms with Gasteiger partial charge in [-0.25, -0.2) is 8.42 Å². The fourth-order valence-corrected chi connectivity index (χ4v) is 3.65. The van der Waals surface area contributed by atoms with Crippen LogP contribution in [0.1, 0.15) is 12.8 Å². The monoisotopic (exact) mass is 281 g/mol. The van der Waals surface area contributed by atoms with Gasteiger partial charge in [0, 0.05) is 12.2 Å². The molecule has 1 aromatic carbocycles. The van der Waals surface area contributed by atoms with Crippen LogP contribution in [-0.4, -0.2) is 32.4 Å². The zero-order valence-electron chi connectivity index (χ0n) is 10.7. The molecule has 0 spiro atoms. The average Bonchev–Trinajstić information content (AvgIpc) is 2.39. The summed E-state index contributed by atoms with van der Waals surface area (Å²) in [6, 6.07) is 9.59. The molecule has 1 aliphatic rings. The summed E-state index contributed by atoms with van der Waals surface area (Å²) in [6.45, 7) is 0.585. The van der Waals surface area contributed by atoms with Crippen molar-refractivity contribution in [2.24, 2.45) is 16.6 Å². The summed E-state index contributed by atoms with van der Waals surface area (Å²) in [5, 5.41) is 3.01. The van der Waals surface area contributed by atoms with E-state index in [2.05, 4.69) is 10.3 Å². The van der Waals surface area contributed by atoms with Gasteiger partial charge in [0.2, 0.25) is 0 Å². The molecule has 3 N–H and O–H groups in total. The molecule has 0 bridgehead atoms. The van der Waals surface area contributed by atoms with Crippen LogP contribution in [0, 0.1) is 5.92 Å². The van der Waals surface area contributed by atoms with Gasteiger partial charge in [0.05, 0.1) is 11.5 Å². The van der Waals surface area contributed by atoms with Crippen molar-refractivity contribution >= 4 is 21.5 Å². The maximum atomic E-state index is 11.3. The fourth-order valence-electron chi connectivity index (χ4n) is 2.06. The van der Waals surface area contributed by atoms with E-state index in [1.165, 1.54) is 0 Å². The minimum Gasteiger partial charge on any atom is -0.370 e. The van der Waals surface area contributed by atoms with Crippen LogP contribution < -0.4 is 11.1 Å². The second kappa shape index (κ2) is 6.06. The second-order valence-electron chi connectivity index (χ2n) is 4.81. The summed E-state index contributed by atoms with van der Waals surface area (Å²) in [7, 11) is -2.80. The summed E-state index contributed by atoms with van der Waals surface area (Å²) < 4.78 is 22.6. The van der Waals surface area contributed by atoms with E-state index in [0.29, 0.717) is 31.3 Å². The van der Waals surface area contributed by atoms with E-state index >= 15 is 0 Å². The Morgan fingerprint density at radius 2 is 1.89 bits per heavy atom. The summed E-state index contributed by atoms with van der Waals surface area (Å²) in [4.78, 5) is 4.28. The van der Waals surface area contributed by atoms with Gasteiger partial charge in [-0.3, -0.25) is 4.99 Å². The first-order chi connectivity index (χ1) is 9.05. The third-order valence-corrected chi connectivity index (χ3v) is 4.96. The molecule has 0 saturated carbocycles. The SMILES string of the molecule is NC(=NCC1CCS(=O)(=O)CC1)Nc1ccccc1. The lowest BCUT2D eigenvalue weighted by atomic mass is 10.0. The van der Waals surface area contributed by atoms with Crippen molar-refractivity contribution in [1.29, 1.82) is 0 Å². The van der Waals surface area contributed by atoms with E-state index in [0.717, 1.165) is 5.69 Å². The Morgan fingerprint density at radius 3 is 2.53 bits per heavy atom. The number of hydrogen-bond acceptors (Lipinski definition) is 3. The molecule has 19 heavy (non-hydrogen) atoms. The topological polar surface area (TPSA) is 84.5 Å². The normalized spacial score (nSPS) is 20.1. The zero-order valence-corrected chi connectivity index (χ0v) is 11.6. The van der Waals surface area contributed by atoms with Gasteiger partial charge in [0.15, 0.2) is 5.96 Å². The molecule has 104 valence electrons. The van der Waals surface area contributed by atoms with E-state index in [1.54, 1.807) is 0 Å². The predicted octanol–water partition coefficient (Wildman–Crippen LogP) is 1.24. The molecule has 1 saturated heterocycles. The molecule has 0 aromatic heterocycles. The van der Waals surface area contributed by atoms with Gasteiger partial charge in [0.1, 0.15) is 9.84 Å². The van der Waals surface area contributed by atoms with Crippen LogP contribution >= 0.6 is 0 Å². The maximum absolute atomic E-state index is 11.3. The van der Waals surface area contributed by atoms with E-state index in [1.807, 2.05) is 30.3 Å². The summed E-state index contributed by atoms with van der Waals surface area (Å²) in [5.41, 5.74) is 6.69. The molecule has 0 aliphatic carbocycles. The Morgan fingerprint density at radius 1 is 1.26 bits per heavy atom. The van der Waals surface area contributed by atoms with Gasteiger partial charge in [0.25, 0.3) is 0 Å². The Hall–Kier alpha value is -1.56. The van der Waals surface area contributed by atoms with Crippen molar-refractivity contribution in [3.05, 3.63) is 30.3 Å².